The smallest absolute Gasteiger partial charge is 0.854 e. The molecule has 0 rings (SSSR count). The van der Waals surface area contributed by atoms with Gasteiger partial charge >= 0.3 is 29.6 Å². The van der Waals surface area contributed by atoms with Crippen LogP contribution in [0, 0.1) is 0 Å². The van der Waals surface area contributed by atoms with Gasteiger partial charge in [-0.25, -0.2) is 0 Å². The Hall–Kier alpha value is 1.31. The fourth-order valence-corrected chi connectivity index (χ4v) is 0. The fourth-order valence-electron chi connectivity index (χ4n) is 0. The Balaban J connectivity index is 0. The maximum atomic E-state index is 9.22. The van der Waals surface area contributed by atoms with E-state index in [4.69, 9.17) is 0 Å². The van der Waals surface area contributed by atoms with E-state index in [0.717, 1.165) is 0 Å². The number of hydrogen-bond donors (Lipinski definition) is 1. The topological polar surface area (TPSA) is 23.1 Å². The average Bonchev–Trinajstić information content (AvgIpc) is 1.37. The quantitative estimate of drug-likeness (QED) is 0.266. The monoisotopic (exact) mass is 100.0 g/mol. The van der Waals surface area contributed by atoms with Crippen LogP contribution < -0.4 is 34.7 Å². The Morgan fingerprint density at radius 1 is 1.60 bits per heavy atom. The SMILES string of the molecule is [Na+].[O-]CCS. The van der Waals surface area contributed by atoms with Crippen LogP contribution in [0.3, 0.4) is 0 Å². The maximum absolute atomic E-state index is 9.22. The zero-order valence-corrected chi connectivity index (χ0v) is 6.16. The summed E-state index contributed by atoms with van der Waals surface area (Å²) in [6, 6.07) is 0. The van der Waals surface area contributed by atoms with Gasteiger partial charge in [0.25, 0.3) is 0 Å². The molecule has 0 radical (unpaired) electrons. The van der Waals surface area contributed by atoms with E-state index in [0.29, 0.717) is 5.75 Å². The molecule has 0 aliphatic heterocycles. The Morgan fingerprint density at radius 3 is 1.80 bits per heavy atom. The van der Waals surface area contributed by atoms with Crippen molar-refractivity contribution in [2.24, 2.45) is 0 Å². The van der Waals surface area contributed by atoms with Crippen molar-refractivity contribution in [1.29, 1.82) is 0 Å². The Labute approximate surface area is 59.5 Å². The minimum atomic E-state index is -0.0664. The van der Waals surface area contributed by atoms with E-state index in [1.54, 1.807) is 0 Å². The molecule has 0 atom stereocenters. The summed E-state index contributed by atoms with van der Waals surface area (Å²) in [5.74, 6) is 0.458. The predicted molar refractivity (Wildman–Crippen MR) is 18.7 cm³/mol. The van der Waals surface area contributed by atoms with Gasteiger partial charge in [-0.05, 0) is 5.75 Å². The van der Waals surface area contributed by atoms with Gasteiger partial charge in [0.1, 0.15) is 0 Å². The van der Waals surface area contributed by atoms with E-state index < -0.39 is 0 Å². The summed E-state index contributed by atoms with van der Waals surface area (Å²) < 4.78 is 0. The van der Waals surface area contributed by atoms with E-state index in [2.05, 4.69) is 12.6 Å². The molecule has 0 spiro atoms. The van der Waals surface area contributed by atoms with Crippen molar-refractivity contribution < 1.29 is 34.7 Å². The van der Waals surface area contributed by atoms with Crippen LogP contribution in [0.15, 0.2) is 0 Å². The maximum Gasteiger partial charge on any atom is 1.00 e. The van der Waals surface area contributed by atoms with Gasteiger partial charge in [-0.2, -0.15) is 12.6 Å². The van der Waals surface area contributed by atoms with Gasteiger partial charge in [0.05, 0.1) is 0 Å². The Morgan fingerprint density at radius 2 is 1.80 bits per heavy atom. The fraction of sp³-hybridized carbons (Fsp3) is 1.00. The summed E-state index contributed by atoms with van der Waals surface area (Å²) in [6.45, 7) is -0.0664. The van der Waals surface area contributed by atoms with Crippen molar-refractivity contribution in [3.63, 3.8) is 0 Å². The van der Waals surface area contributed by atoms with Crippen molar-refractivity contribution in [3.8, 4) is 0 Å². The molecule has 26 valence electrons. The number of thiol groups is 1. The standard InChI is InChI=1S/C2H5OS.Na/c3-1-2-4;/h4H,1-2H2;/q-1;+1. The van der Waals surface area contributed by atoms with Crippen molar-refractivity contribution >= 4 is 12.6 Å². The molecule has 0 aliphatic rings. The second kappa shape index (κ2) is 9.00. The molecule has 0 fully saturated rings. The first kappa shape index (κ1) is 9.58. The van der Waals surface area contributed by atoms with Crippen LogP contribution in [0.5, 0.6) is 0 Å². The number of rotatable bonds is 1. The summed E-state index contributed by atoms with van der Waals surface area (Å²) >= 11 is 3.61. The number of hydrogen-bond acceptors (Lipinski definition) is 2. The van der Waals surface area contributed by atoms with Gasteiger partial charge < -0.3 is 5.11 Å². The molecule has 0 unspecified atom stereocenters. The molecule has 0 aromatic rings. The van der Waals surface area contributed by atoms with Crippen molar-refractivity contribution in [2.45, 2.75) is 0 Å². The molecular formula is C2H5NaOS. The molecule has 0 N–H and O–H groups in total. The first-order valence-electron chi connectivity index (χ1n) is 1.10. The van der Waals surface area contributed by atoms with Crippen LogP contribution in [0.4, 0.5) is 0 Å². The summed E-state index contributed by atoms with van der Waals surface area (Å²) in [5.41, 5.74) is 0. The largest absolute Gasteiger partial charge is 1.00 e. The van der Waals surface area contributed by atoms with Gasteiger partial charge in [0, 0.05) is 0 Å². The summed E-state index contributed by atoms with van der Waals surface area (Å²) in [6.07, 6.45) is 0. The Kier molecular flexibility index (Phi) is 17.2. The molecule has 0 aromatic heterocycles. The van der Waals surface area contributed by atoms with Crippen molar-refractivity contribution in [2.75, 3.05) is 12.4 Å². The first-order valence-corrected chi connectivity index (χ1v) is 1.74. The molecule has 0 bridgehead atoms. The van der Waals surface area contributed by atoms with Crippen LogP contribution in [0.1, 0.15) is 0 Å². The van der Waals surface area contributed by atoms with Crippen LogP contribution in [0.2, 0.25) is 0 Å². The predicted octanol–water partition coefficient (Wildman–Crippen LogP) is -3.72. The summed E-state index contributed by atoms with van der Waals surface area (Å²) in [5, 5.41) is 9.22. The minimum absolute atomic E-state index is 0. The summed E-state index contributed by atoms with van der Waals surface area (Å²) in [4.78, 5) is 0. The molecule has 0 saturated heterocycles. The van der Waals surface area contributed by atoms with Gasteiger partial charge in [-0.15, -0.1) is 6.61 Å². The third-order valence-corrected chi connectivity index (χ3v) is 0.274. The van der Waals surface area contributed by atoms with Gasteiger partial charge in [0.15, 0.2) is 0 Å². The van der Waals surface area contributed by atoms with Crippen LogP contribution in [-0.2, 0) is 0 Å². The van der Waals surface area contributed by atoms with Crippen LogP contribution in [-0.4, -0.2) is 12.4 Å². The van der Waals surface area contributed by atoms with E-state index in [9.17, 15) is 5.11 Å². The second-order valence-corrected chi connectivity index (χ2v) is 0.875. The van der Waals surface area contributed by atoms with Crippen molar-refractivity contribution in [1.82, 2.24) is 0 Å². The third-order valence-electron chi connectivity index (χ3n) is 0.0913. The second-order valence-electron chi connectivity index (χ2n) is 0.428. The molecule has 0 aromatic carbocycles. The molecule has 3 heteroatoms. The van der Waals surface area contributed by atoms with Crippen LogP contribution in [0.25, 0.3) is 0 Å². The molecule has 0 aliphatic carbocycles. The van der Waals surface area contributed by atoms with E-state index in [-0.39, 0.29) is 36.2 Å². The van der Waals surface area contributed by atoms with Crippen LogP contribution >= 0.6 is 12.6 Å². The van der Waals surface area contributed by atoms with Crippen molar-refractivity contribution in [3.05, 3.63) is 0 Å². The molecule has 0 saturated carbocycles. The summed E-state index contributed by atoms with van der Waals surface area (Å²) in [7, 11) is 0. The molecular weight excluding hydrogens is 95.1 g/mol. The average molecular weight is 100 g/mol. The Bertz CT molecular complexity index is 11.6. The minimum Gasteiger partial charge on any atom is -0.854 e. The molecule has 0 amide bonds. The van der Waals surface area contributed by atoms with Gasteiger partial charge in [0.2, 0.25) is 0 Å². The normalized spacial score (nSPS) is 6.00. The molecule has 0 heterocycles. The van der Waals surface area contributed by atoms with E-state index >= 15 is 0 Å². The third kappa shape index (κ3) is 10.9. The zero-order chi connectivity index (χ0) is 3.41. The van der Waals surface area contributed by atoms with Gasteiger partial charge in [-0.1, -0.05) is 0 Å². The van der Waals surface area contributed by atoms with E-state index in [1.807, 2.05) is 0 Å². The molecule has 1 nitrogen and oxygen atoms in total. The molecule has 5 heavy (non-hydrogen) atoms. The van der Waals surface area contributed by atoms with Gasteiger partial charge in [-0.3, -0.25) is 0 Å². The van der Waals surface area contributed by atoms with E-state index in [1.165, 1.54) is 0 Å². The zero-order valence-electron chi connectivity index (χ0n) is 3.27. The first-order chi connectivity index (χ1) is 1.91.